The summed E-state index contributed by atoms with van der Waals surface area (Å²) < 4.78 is 0. The van der Waals surface area contributed by atoms with E-state index in [2.05, 4.69) is 43.4 Å². The summed E-state index contributed by atoms with van der Waals surface area (Å²) in [5.41, 5.74) is 1.34. The van der Waals surface area contributed by atoms with Crippen molar-refractivity contribution in [1.29, 1.82) is 0 Å². The van der Waals surface area contributed by atoms with E-state index in [4.69, 9.17) is 0 Å². The zero-order valence-corrected chi connectivity index (χ0v) is 11.4. The van der Waals surface area contributed by atoms with E-state index >= 15 is 0 Å². The van der Waals surface area contributed by atoms with E-state index < -0.39 is 0 Å². The van der Waals surface area contributed by atoms with E-state index in [1.54, 1.807) is 0 Å². The Labute approximate surface area is 104 Å². The van der Waals surface area contributed by atoms with Gasteiger partial charge in [0.25, 0.3) is 0 Å². The first-order valence-electron chi connectivity index (χ1n) is 6.09. The largest absolute Gasteiger partial charge is 0.317 e. The van der Waals surface area contributed by atoms with Gasteiger partial charge < -0.3 is 5.32 Å². The average Bonchev–Trinajstić information content (AvgIpc) is 2.31. The van der Waals surface area contributed by atoms with Gasteiger partial charge in [0.15, 0.2) is 0 Å². The molecule has 0 saturated heterocycles. The van der Waals surface area contributed by atoms with Crippen molar-refractivity contribution in [2.24, 2.45) is 0 Å². The zero-order chi connectivity index (χ0) is 11.8. The van der Waals surface area contributed by atoms with Gasteiger partial charge >= 0.3 is 0 Å². The van der Waals surface area contributed by atoms with Crippen LogP contribution in [0.5, 0.6) is 0 Å². The Morgan fingerprint density at radius 3 is 2.50 bits per heavy atom. The summed E-state index contributed by atoms with van der Waals surface area (Å²) in [5, 5.41) is 3.27. The number of aryl methyl sites for hydroxylation is 1. The van der Waals surface area contributed by atoms with Crippen molar-refractivity contribution in [3.8, 4) is 0 Å². The fourth-order valence-electron chi connectivity index (χ4n) is 1.52. The molecule has 1 aromatic rings. The summed E-state index contributed by atoms with van der Waals surface area (Å²) >= 11 is 1.97. The Balaban J connectivity index is 2.09. The molecule has 0 aromatic heterocycles. The fourth-order valence-corrected chi connectivity index (χ4v) is 2.43. The lowest BCUT2D eigenvalue weighted by Gasteiger charge is -2.09. The Morgan fingerprint density at radius 1 is 1.19 bits per heavy atom. The Bertz CT molecular complexity index is 281. The van der Waals surface area contributed by atoms with Crippen LogP contribution >= 0.6 is 11.8 Å². The monoisotopic (exact) mass is 237 g/mol. The minimum absolute atomic E-state index is 0.657. The highest BCUT2D eigenvalue weighted by Gasteiger charge is 1.98. The molecule has 0 fully saturated rings. The molecule has 1 rings (SSSR count). The Hall–Kier alpha value is -0.470. The highest BCUT2D eigenvalue weighted by molar-refractivity contribution is 7.99. The van der Waals surface area contributed by atoms with Crippen LogP contribution < -0.4 is 5.32 Å². The van der Waals surface area contributed by atoms with Gasteiger partial charge in [-0.15, -0.1) is 11.8 Å². The number of rotatable bonds is 7. The molecule has 0 heterocycles. The fraction of sp³-hybridized carbons (Fsp3) is 0.571. The van der Waals surface area contributed by atoms with E-state index in [0.29, 0.717) is 6.04 Å². The van der Waals surface area contributed by atoms with Crippen molar-refractivity contribution >= 4 is 11.8 Å². The van der Waals surface area contributed by atoms with Crippen LogP contribution in [-0.2, 0) is 0 Å². The number of hydrogen-bond donors (Lipinski definition) is 1. The van der Waals surface area contributed by atoms with E-state index in [1.165, 1.54) is 35.5 Å². The van der Waals surface area contributed by atoms with Gasteiger partial charge in [-0.3, -0.25) is 0 Å². The molecule has 0 aliphatic rings. The molecule has 1 aromatic carbocycles. The van der Waals surface area contributed by atoms with E-state index in [1.807, 2.05) is 18.8 Å². The van der Waals surface area contributed by atoms with Gasteiger partial charge in [0.2, 0.25) is 0 Å². The van der Waals surface area contributed by atoms with Gasteiger partial charge in [-0.2, -0.15) is 0 Å². The van der Waals surface area contributed by atoms with Crippen LogP contribution in [0.4, 0.5) is 0 Å². The van der Waals surface area contributed by atoms with E-state index in [-0.39, 0.29) is 0 Å². The number of unbranched alkanes of at least 4 members (excludes halogenated alkanes) is 1. The van der Waals surface area contributed by atoms with Crippen LogP contribution in [0, 0.1) is 6.92 Å². The normalized spacial score (nSPS) is 12.7. The van der Waals surface area contributed by atoms with Crippen LogP contribution in [0.1, 0.15) is 31.7 Å². The maximum absolute atomic E-state index is 3.27. The predicted molar refractivity (Wildman–Crippen MR) is 74.3 cm³/mol. The Morgan fingerprint density at radius 2 is 1.88 bits per heavy atom. The number of hydrogen-bond acceptors (Lipinski definition) is 2. The molecule has 1 atom stereocenters. The van der Waals surface area contributed by atoms with Crippen LogP contribution in [0.2, 0.25) is 0 Å². The van der Waals surface area contributed by atoms with Crippen molar-refractivity contribution in [2.45, 2.75) is 44.0 Å². The van der Waals surface area contributed by atoms with Crippen molar-refractivity contribution in [2.75, 3.05) is 12.8 Å². The second kappa shape index (κ2) is 7.75. The molecule has 90 valence electrons. The number of thioether (sulfide) groups is 1. The lowest BCUT2D eigenvalue weighted by atomic mass is 10.1. The summed E-state index contributed by atoms with van der Waals surface area (Å²) in [4.78, 5) is 1.40. The standard InChI is InChI=1S/C14H23NS/c1-12-7-9-14(10-8-12)16-11-5-4-6-13(2)15-3/h7-10,13,15H,4-6,11H2,1-3H3. The Kier molecular flexibility index (Phi) is 6.58. The molecule has 0 bridgehead atoms. The maximum atomic E-state index is 3.27. The quantitative estimate of drug-likeness (QED) is 0.571. The minimum Gasteiger partial charge on any atom is -0.317 e. The van der Waals surface area contributed by atoms with Crippen molar-refractivity contribution in [3.63, 3.8) is 0 Å². The van der Waals surface area contributed by atoms with Crippen LogP contribution in [-0.4, -0.2) is 18.8 Å². The first-order chi connectivity index (χ1) is 7.72. The van der Waals surface area contributed by atoms with Gasteiger partial charge in [0.1, 0.15) is 0 Å². The summed E-state index contributed by atoms with van der Waals surface area (Å²) in [6.45, 7) is 4.38. The van der Waals surface area contributed by atoms with Crippen LogP contribution in [0.25, 0.3) is 0 Å². The maximum Gasteiger partial charge on any atom is 0.00721 e. The van der Waals surface area contributed by atoms with Crippen LogP contribution in [0.15, 0.2) is 29.2 Å². The average molecular weight is 237 g/mol. The number of benzene rings is 1. The van der Waals surface area contributed by atoms with Gasteiger partial charge in [-0.25, -0.2) is 0 Å². The third-order valence-corrected chi connectivity index (χ3v) is 3.91. The molecule has 0 aliphatic carbocycles. The molecule has 0 radical (unpaired) electrons. The molecule has 16 heavy (non-hydrogen) atoms. The van der Waals surface area contributed by atoms with Gasteiger partial charge in [-0.05, 0) is 51.6 Å². The molecule has 0 aliphatic heterocycles. The summed E-state index contributed by atoms with van der Waals surface area (Å²) in [6.07, 6.45) is 3.91. The van der Waals surface area contributed by atoms with Crippen LogP contribution in [0.3, 0.4) is 0 Å². The lowest BCUT2D eigenvalue weighted by Crippen LogP contribution is -2.20. The molecule has 1 N–H and O–H groups in total. The zero-order valence-electron chi connectivity index (χ0n) is 10.6. The van der Waals surface area contributed by atoms with E-state index in [0.717, 1.165) is 0 Å². The highest BCUT2D eigenvalue weighted by Crippen LogP contribution is 2.20. The second-order valence-electron chi connectivity index (χ2n) is 4.35. The summed E-state index contributed by atoms with van der Waals surface area (Å²) in [7, 11) is 2.03. The van der Waals surface area contributed by atoms with Gasteiger partial charge in [-0.1, -0.05) is 24.1 Å². The molecular weight excluding hydrogens is 214 g/mol. The highest BCUT2D eigenvalue weighted by atomic mass is 32.2. The molecule has 1 nitrogen and oxygen atoms in total. The second-order valence-corrected chi connectivity index (χ2v) is 5.52. The minimum atomic E-state index is 0.657. The molecule has 2 heteroatoms. The van der Waals surface area contributed by atoms with Gasteiger partial charge in [0, 0.05) is 10.9 Å². The van der Waals surface area contributed by atoms with Crippen molar-refractivity contribution in [3.05, 3.63) is 29.8 Å². The summed E-state index contributed by atoms with van der Waals surface area (Å²) in [5.74, 6) is 1.24. The first-order valence-corrected chi connectivity index (χ1v) is 7.07. The molecule has 0 saturated carbocycles. The summed E-state index contributed by atoms with van der Waals surface area (Å²) in [6, 6.07) is 9.47. The van der Waals surface area contributed by atoms with Crippen molar-refractivity contribution in [1.82, 2.24) is 5.32 Å². The van der Waals surface area contributed by atoms with Gasteiger partial charge in [0.05, 0.1) is 0 Å². The lowest BCUT2D eigenvalue weighted by molar-refractivity contribution is 0.539. The smallest absolute Gasteiger partial charge is 0.00721 e. The molecule has 1 unspecified atom stereocenters. The molecule has 0 spiro atoms. The number of nitrogens with one attached hydrogen (secondary N) is 1. The SMILES string of the molecule is CNC(C)CCCCSc1ccc(C)cc1. The van der Waals surface area contributed by atoms with Crippen molar-refractivity contribution < 1.29 is 0 Å². The third-order valence-electron chi connectivity index (χ3n) is 2.81. The third kappa shape index (κ3) is 5.57. The predicted octanol–water partition coefficient (Wildman–Crippen LogP) is 3.87. The van der Waals surface area contributed by atoms with E-state index in [9.17, 15) is 0 Å². The molecular formula is C14H23NS. The molecule has 0 amide bonds. The first kappa shape index (κ1) is 13.6. The topological polar surface area (TPSA) is 12.0 Å².